The van der Waals surface area contributed by atoms with Crippen LogP contribution in [-0.4, -0.2) is 15.4 Å². The highest BCUT2D eigenvalue weighted by atomic mass is 28.3. The number of aryl methyl sites for hydroxylation is 2. The molecule has 1 radical (unpaired) electrons. The van der Waals surface area contributed by atoms with Gasteiger partial charge in [-0.25, -0.2) is 4.39 Å². The van der Waals surface area contributed by atoms with Crippen LogP contribution in [0.3, 0.4) is 0 Å². The molecule has 4 heteroatoms. The first-order valence-corrected chi connectivity index (χ1v) is 15.1. The van der Waals surface area contributed by atoms with Gasteiger partial charge in [-0.15, -0.1) is 0 Å². The zero-order valence-corrected chi connectivity index (χ0v) is 22.1. The minimum absolute atomic E-state index is 0.00500. The Labute approximate surface area is 211 Å². The van der Waals surface area contributed by atoms with Crippen molar-refractivity contribution in [3.8, 4) is 16.9 Å². The van der Waals surface area contributed by atoms with Crippen molar-refractivity contribution in [3.63, 3.8) is 0 Å². The van der Waals surface area contributed by atoms with E-state index in [1.165, 1.54) is 55.0 Å². The normalized spacial score (nSPS) is 14.9. The van der Waals surface area contributed by atoms with Gasteiger partial charge in [0.15, 0.2) is 11.6 Å². The molecule has 0 amide bonds. The molecule has 1 nitrogen and oxygen atoms in total. The molecule has 0 aromatic heterocycles. The summed E-state index contributed by atoms with van der Waals surface area (Å²) in [5, 5.41) is 1.57. The number of hydrogen-bond acceptors (Lipinski definition) is 1. The molecule has 4 rings (SSSR count). The molecule has 1 aliphatic rings. The van der Waals surface area contributed by atoms with E-state index in [1.807, 2.05) is 6.92 Å². The highest BCUT2D eigenvalue weighted by Crippen LogP contribution is 2.29. The van der Waals surface area contributed by atoms with Gasteiger partial charge in [0, 0.05) is 0 Å². The van der Waals surface area contributed by atoms with Gasteiger partial charge in [0.05, 0.1) is 15.4 Å². The first-order valence-electron chi connectivity index (χ1n) is 13.2. The van der Waals surface area contributed by atoms with Crippen molar-refractivity contribution in [3.05, 3.63) is 83.4 Å². The summed E-state index contributed by atoms with van der Waals surface area (Å²) in [5.41, 5.74) is 3.93. The second kappa shape index (κ2) is 12.5. The second-order valence-corrected chi connectivity index (χ2v) is 12.6. The highest BCUT2D eigenvalue weighted by molar-refractivity contribution is 6.73. The zero-order valence-electron chi connectivity index (χ0n) is 21.1. The second-order valence-electron chi connectivity index (χ2n) is 9.81. The van der Waals surface area contributed by atoms with Gasteiger partial charge in [-0.3, -0.25) is 0 Å². The summed E-state index contributed by atoms with van der Waals surface area (Å²) in [6, 6.07) is 23.7. The monoisotopic (exact) mass is 491 g/mol. The van der Waals surface area contributed by atoms with Crippen LogP contribution in [0.1, 0.15) is 57.1 Å². The van der Waals surface area contributed by atoms with Crippen LogP contribution in [0.25, 0.3) is 11.1 Å². The summed E-state index contributed by atoms with van der Waals surface area (Å²) in [4.78, 5) is 0. The molecule has 0 unspecified atom stereocenters. The lowest BCUT2D eigenvalue weighted by Crippen LogP contribution is -2.33. The Morgan fingerprint density at radius 2 is 1.43 bits per heavy atom. The maximum atomic E-state index is 14.4. The van der Waals surface area contributed by atoms with Crippen LogP contribution in [0, 0.1) is 17.6 Å². The van der Waals surface area contributed by atoms with Gasteiger partial charge in [0.25, 0.3) is 0 Å². The van der Waals surface area contributed by atoms with Crippen LogP contribution in [0.2, 0.25) is 12.1 Å². The molecule has 35 heavy (non-hydrogen) atoms. The number of ether oxygens (including phenoxy) is 1. The summed E-state index contributed by atoms with van der Waals surface area (Å²) in [7, 11) is -0.393. The lowest BCUT2D eigenvalue weighted by Gasteiger charge is -2.27. The lowest BCUT2D eigenvalue weighted by atomic mass is 9.97. The summed E-state index contributed by atoms with van der Waals surface area (Å²) in [6.45, 7) is 4.62. The molecule has 1 fully saturated rings. The van der Waals surface area contributed by atoms with Gasteiger partial charge in [0.1, 0.15) is 0 Å². The third kappa shape index (κ3) is 6.61. The van der Waals surface area contributed by atoms with Crippen LogP contribution < -0.4 is 9.92 Å². The summed E-state index contributed by atoms with van der Waals surface area (Å²) in [5.74, 6) is -0.724. The maximum absolute atomic E-state index is 14.4. The van der Waals surface area contributed by atoms with Gasteiger partial charge in [-0.05, 0) is 53.5 Å². The fourth-order valence-electron chi connectivity index (χ4n) is 5.14. The molecule has 1 saturated heterocycles. The Morgan fingerprint density at radius 3 is 2.06 bits per heavy atom. The van der Waals surface area contributed by atoms with Crippen molar-refractivity contribution in [2.45, 2.75) is 70.9 Å². The van der Waals surface area contributed by atoms with Gasteiger partial charge in [-0.2, -0.15) is 4.39 Å². The number of rotatable bonds is 10. The van der Waals surface area contributed by atoms with E-state index in [2.05, 4.69) is 55.5 Å². The van der Waals surface area contributed by atoms with Crippen LogP contribution in [0.5, 0.6) is 5.75 Å². The van der Waals surface area contributed by atoms with Crippen LogP contribution in [0.4, 0.5) is 8.78 Å². The maximum Gasteiger partial charge on any atom is 0.200 e. The van der Waals surface area contributed by atoms with E-state index in [9.17, 15) is 8.78 Å². The molecule has 0 bridgehead atoms. The molecule has 0 aliphatic carbocycles. The van der Waals surface area contributed by atoms with Crippen LogP contribution >= 0.6 is 0 Å². The molecule has 0 spiro atoms. The Morgan fingerprint density at radius 1 is 0.771 bits per heavy atom. The first-order chi connectivity index (χ1) is 17.1. The van der Waals surface area contributed by atoms with Crippen molar-refractivity contribution < 1.29 is 13.5 Å². The summed E-state index contributed by atoms with van der Waals surface area (Å²) in [6.07, 6.45) is 7.42. The molecule has 3 aromatic carbocycles. The summed E-state index contributed by atoms with van der Waals surface area (Å²) < 4.78 is 34.0. The predicted molar refractivity (Wildman–Crippen MR) is 144 cm³/mol. The molecule has 185 valence electrons. The van der Waals surface area contributed by atoms with E-state index in [0.717, 1.165) is 17.9 Å². The lowest BCUT2D eigenvalue weighted by molar-refractivity contribution is 0.294. The Hall–Kier alpha value is -2.46. The van der Waals surface area contributed by atoms with Gasteiger partial charge in [0.2, 0.25) is 5.82 Å². The van der Waals surface area contributed by atoms with Crippen molar-refractivity contribution in [2.75, 3.05) is 6.61 Å². The molecular weight excluding hydrogens is 454 g/mol. The minimum atomic E-state index is -0.883. The predicted octanol–water partition coefficient (Wildman–Crippen LogP) is 8.12. The average Bonchev–Trinajstić information content (AvgIpc) is 2.90. The molecule has 1 aliphatic heterocycles. The molecule has 1 heterocycles. The Kier molecular flexibility index (Phi) is 9.14. The topological polar surface area (TPSA) is 9.23 Å². The minimum Gasteiger partial charge on any atom is -0.490 e. The van der Waals surface area contributed by atoms with Crippen molar-refractivity contribution in [2.24, 2.45) is 5.92 Å². The Bertz CT molecular complexity index is 1070. The van der Waals surface area contributed by atoms with Gasteiger partial charge >= 0.3 is 0 Å². The van der Waals surface area contributed by atoms with E-state index >= 15 is 0 Å². The number of benzene rings is 3. The largest absolute Gasteiger partial charge is 0.490 e. The van der Waals surface area contributed by atoms with Crippen molar-refractivity contribution in [1.82, 2.24) is 0 Å². The van der Waals surface area contributed by atoms with Crippen LogP contribution in [-0.2, 0) is 12.8 Å². The summed E-state index contributed by atoms with van der Waals surface area (Å²) >= 11 is 0. The number of halogens is 2. The van der Waals surface area contributed by atoms with Crippen LogP contribution in [0.15, 0.2) is 60.7 Å². The molecule has 3 aromatic rings. The standard InChI is InChI=1S/C31H37F2OSi/c1-3-5-23-18-21-35(22-19-23)28-15-12-26(13-16-28)25-9-6-24(7-10-25)8-11-27-14-17-29(34-20-4-2)31(33)30(27)32/h6-7,9-10,12-17,23H,3-5,8,11,18-22H2,1-2H3. The molecule has 0 saturated carbocycles. The van der Waals surface area contributed by atoms with Crippen molar-refractivity contribution in [1.29, 1.82) is 0 Å². The average molecular weight is 492 g/mol. The fraction of sp³-hybridized carbons (Fsp3) is 0.419. The smallest absolute Gasteiger partial charge is 0.200 e. The molecular formula is C31H37F2OSi. The highest BCUT2D eigenvalue weighted by Gasteiger charge is 2.23. The SMILES string of the molecule is CCCOc1ccc(CCc2ccc(-c3ccc([Si]4CCC(CCC)CC4)cc3)cc2)c(F)c1F. The van der Waals surface area contributed by atoms with E-state index in [-0.39, 0.29) is 5.75 Å². The third-order valence-corrected chi connectivity index (χ3v) is 10.2. The quantitative estimate of drug-likeness (QED) is 0.260. The third-order valence-electron chi connectivity index (χ3n) is 7.26. The molecule has 0 atom stereocenters. The van der Waals surface area contributed by atoms with Gasteiger partial charge in [-0.1, -0.05) is 111 Å². The molecule has 0 N–H and O–H groups in total. The van der Waals surface area contributed by atoms with E-state index in [1.54, 1.807) is 11.3 Å². The van der Waals surface area contributed by atoms with E-state index in [0.29, 0.717) is 25.0 Å². The number of hydrogen-bond donors (Lipinski definition) is 0. The van der Waals surface area contributed by atoms with E-state index < -0.39 is 20.4 Å². The van der Waals surface area contributed by atoms with E-state index in [4.69, 9.17) is 4.74 Å². The Balaban J connectivity index is 1.33. The van der Waals surface area contributed by atoms with Crippen molar-refractivity contribution >= 4 is 14.0 Å². The first kappa shape index (κ1) is 25.6. The van der Waals surface area contributed by atoms with Gasteiger partial charge < -0.3 is 4.74 Å². The fourth-order valence-corrected chi connectivity index (χ4v) is 8.12. The zero-order chi connectivity index (χ0) is 24.6.